The first-order chi connectivity index (χ1) is 12.5. The molecular formula is C19H23ClN2O4. The molecule has 140 valence electrons. The van der Waals surface area contributed by atoms with Crippen molar-refractivity contribution >= 4 is 23.2 Å². The Hall–Kier alpha value is -2.44. The van der Waals surface area contributed by atoms with Crippen LogP contribution in [0.2, 0.25) is 5.02 Å². The average Bonchev–Trinajstić information content (AvgIpc) is 2.62. The molecule has 0 spiro atoms. The predicted molar refractivity (Wildman–Crippen MR) is 103 cm³/mol. The zero-order valence-electron chi connectivity index (χ0n) is 15.1. The van der Waals surface area contributed by atoms with Crippen molar-refractivity contribution in [3.05, 3.63) is 47.5 Å². The number of halogens is 1. The lowest BCUT2D eigenvalue weighted by Crippen LogP contribution is -2.33. The van der Waals surface area contributed by atoms with Crippen molar-refractivity contribution in [2.45, 2.75) is 0 Å². The Bertz CT molecular complexity index is 739. The van der Waals surface area contributed by atoms with Crippen LogP contribution < -0.4 is 19.5 Å². The second-order valence-electron chi connectivity index (χ2n) is 5.63. The van der Waals surface area contributed by atoms with Crippen LogP contribution in [-0.4, -0.2) is 51.8 Å². The fourth-order valence-corrected chi connectivity index (χ4v) is 2.51. The maximum Gasteiger partial charge on any atom is 0.238 e. The summed E-state index contributed by atoms with van der Waals surface area (Å²) in [5.41, 5.74) is 0.545. The molecule has 0 aliphatic carbocycles. The lowest BCUT2D eigenvalue weighted by atomic mass is 10.3. The van der Waals surface area contributed by atoms with Gasteiger partial charge < -0.3 is 19.5 Å². The fraction of sp³-hybridized carbons (Fsp3) is 0.316. The van der Waals surface area contributed by atoms with Gasteiger partial charge in [-0.15, -0.1) is 0 Å². The highest BCUT2D eigenvalue weighted by Crippen LogP contribution is 2.27. The summed E-state index contributed by atoms with van der Waals surface area (Å²) in [5, 5.41) is 3.34. The van der Waals surface area contributed by atoms with Crippen molar-refractivity contribution in [2.75, 3.05) is 46.3 Å². The van der Waals surface area contributed by atoms with Gasteiger partial charge in [0.15, 0.2) is 11.5 Å². The van der Waals surface area contributed by atoms with Crippen LogP contribution in [0.3, 0.4) is 0 Å². The first-order valence-electron chi connectivity index (χ1n) is 8.11. The molecule has 6 nitrogen and oxygen atoms in total. The standard InChI is InChI=1S/C19H23ClN2O4/c1-22(10-11-26-18-7-5-4-6-17(18)25-3)13-19(23)21-15-12-14(20)8-9-16(15)24-2/h4-9,12H,10-11,13H2,1-3H3,(H,21,23). The molecular weight excluding hydrogens is 356 g/mol. The van der Waals surface area contributed by atoms with Crippen molar-refractivity contribution in [3.63, 3.8) is 0 Å². The third kappa shape index (κ3) is 5.82. The number of benzene rings is 2. The van der Waals surface area contributed by atoms with E-state index in [1.54, 1.807) is 32.4 Å². The SMILES string of the molecule is COc1ccc(Cl)cc1NC(=O)CN(C)CCOc1ccccc1OC. The Morgan fingerprint density at radius 2 is 1.77 bits per heavy atom. The zero-order chi connectivity index (χ0) is 18.9. The van der Waals surface area contributed by atoms with E-state index in [-0.39, 0.29) is 12.5 Å². The number of rotatable bonds is 9. The molecule has 0 heterocycles. The Morgan fingerprint density at radius 1 is 1.08 bits per heavy atom. The Kier molecular flexibility index (Phi) is 7.56. The third-order valence-corrected chi connectivity index (χ3v) is 3.88. The van der Waals surface area contributed by atoms with Gasteiger partial charge >= 0.3 is 0 Å². The number of hydrogen-bond acceptors (Lipinski definition) is 5. The molecule has 2 aromatic carbocycles. The molecule has 1 N–H and O–H groups in total. The number of nitrogens with one attached hydrogen (secondary N) is 1. The van der Waals surface area contributed by atoms with E-state index in [1.807, 2.05) is 36.2 Å². The molecule has 2 aromatic rings. The smallest absolute Gasteiger partial charge is 0.238 e. The van der Waals surface area contributed by atoms with Gasteiger partial charge in [-0.3, -0.25) is 9.69 Å². The molecule has 0 aliphatic rings. The fourth-order valence-electron chi connectivity index (χ4n) is 2.34. The molecule has 0 atom stereocenters. The highest BCUT2D eigenvalue weighted by atomic mass is 35.5. The molecule has 7 heteroatoms. The van der Waals surface area contributed by atoms with E-state index >= 15 is 0 Å². The van der Waals surface area contributed by atoms with Gasteiger partial charge in [-0.25, -0.2) is 0 Å². The molecule has 26 heavy (non-hydrogen) atoms. The number of methoxy groups -OCH3 is 2. The molecule has 0 radical (unpaired) electrons. The van der Waals surface area contributed by atoms with E-state index in [0.29, 0.717) is 41.1 Å². The highest BCUT2D eigenvalue weighted by molar-refractivity contribution is 6.31. The number of carbonyl (C=O) groups excluding carboxylic acids is 1. The number of nitrogens with zero attached hydrogens (tertiary/aromatic N) is 1. The minimum atomic E-state index is -0.162. The quantitative estimate of drug-likeness (QED) is 0.725. The number of para-hydroxylation sites is 2. The van der Waals surface area contributed by atoms with Crippen molar-refractivity contribution in [1.29, 1.82) is 0 Å². The van der Waals surface area contributed by atoms with E-state index in [1.165, 1.54) is 0 Å². The zero-order valence-corrected chi connectivity index (χ0v) is 15.9. The van der Waals surface area contributed by atoms with Gasteiger partial charge in [0.1, 0.15) is 12.4 Å². The first-order valence-corrected chi connectivity index (χ1v) is 8.49. The van der Waals surface area contributed by atoms with E-state index in [4.69, 9.17) is 25.8 Å². The molecule has 2 rings (SSSR count). The van der Waals surface area contributed by atoms with Crippen LogP contribution in [0.1, 0.15) is 0 Å². The van der Waals surface area contributed by atoms with Crippen molar-refractivity contribution in [2.24, 2.45) is 0 Å². The lowest BCUT2D eigenvalue weighted by molar-refractivity contribution is -0.117. The topological polar surface area (TPSA) is 60.0 Å². The summed E-state index contributed by atoms with van der Waals surface area (Å²) >= 11 is 5.97. The maximum atomic E-state index is 12.2. The minimum Gasteiger partial charge on any atom is -0.495 e. The van der Waals surface area contributed by atoms with Gasteiger partial charge in [0.05, 0.1) is 26.5 Å². The number of carbonyl (C=O) groups is 1. The molecule has 0 unspecified atom stereocenters. The summed E-state index contributed by atoms with van der Waals surface area (Å²) in [6.07, 6.45) is 0. The number of amides is 1. The van der Waals surface area contributed by atoms with Crippen LogP contribution >= 0.6 is 11.6 Å². The second-order valence-corrected chi connectivity index (χ2v) is 6.07. The average molecular weight is 379 g/mol. The number of hydrogen-bond donors (Lipinski definition) is 1. The van der Waals surface area contributed by atoms with Crippen LogP contribution in [0, 0.1) is 0 Å². The molecule has 0 aliphatic heterocycles. The molecule has 0 saturated carbocycles. The Morgan fingerprint density at radius 3 is 2.46 bits per heavy atom. The number of ether oxygens (including phenoxy) is 3. The van der Waals surface area contributed by atoms with Crippen LogP contribution in [-0.2, 0) is 4.79 Å². The molecule has 0 saturated heterocycles. The van der Waals surface area contributed by atoms with Crippen LogP contribution in [0.25, 0.3) is 0 Å². The van der Waals surface area contributed by atoms with Crippen molar-refractivity contribution in [3.8, 4) is 17.2 Å². The monoisotopic (exact) mass is 378 g/mol. The van der Waals surface area contributed by atoms with Gasteiger partial charge in [0.25, 0.3) is 0 Å². The van der Waals surface area contributed by atoms with Gasteiger partial charge in [0.2, 0.25) is 5.91 Å². The predicted octanol–water partition coefficient (Wildman–Crippen LogP) is 3.31. The Labute approximate surface area is 158 Å². The van der Waals surface area contributed by atoms with Gasteiger partial charge in [-0.2, -0.15) is 0 Å². The highest BCUT2D eigenvalue weighted by Gasteiger charge is 2.11. The summed E-state index contributed by atoms with van der Waals surface area (Å²) in [4.78, 5) is 14.1. The largest absolute Gasteiger partial charge is 0.495 e. The summed E-state index contributed by atoms with van der Waals surface area (Å²) < 4.78 is 16.2. The van der Waals surface area contributed by atoms with E-state index in [0.717, 1.165) is 0 Å². The van der Waals surface area contributed by atoms with E-state index in [9.17, 15) is 4.79 Å². The normalized spacial score (nSPS) is 10.5. The van der Waals surface area contributed by atoms with Crippen LogP contribution in [0.4, 0.5) is 5.69 Å². The summed E-state index contributed by atoms with van der Waals surface area (Å²) in [7, 11) is 4.99. The third-order valence-electron chi connectivity index (χ3n) is 3.65. The Balaban J connectivity index is 1.81. The van der Waals surface area contributed by atoms with Crippen LogP contribution in [0.5, 0.6) is 17.2 Å². The van der Waals surface area contributed by atoms with Gasteiger partial charge in [-0.05, 0) is 37.4 Å². The lowest BCUT2D eigenvalue weighted by Gasteiger charge is -2.18. The second kappa shape index (κ2) is 9.89. The van der Waals surface area contributed by atoms with Gasteiger partial charge in [0, 0.05) is 11.6 Å². The first kappa shape index (κ1) is 19.9. The summed E-state index contributed by atoms with van der Waals surface area (Å²) in [5.74, 6) is 1.76. The number of likely N-dealkylation sites (N-methyl/N-ethyl adjacent to an activating group) is 1. The number of anilines is 1. The van der Waals surface area contributed by atoms with Gasteiger partial charge in [-0.1, -0.05) is 23.7 Å². The summed E-state index contributed by atoms with van der Waals surface area (Å²) in [6.45, 7) is 1.23. The van der Waals surface area contributed by atoms with Crippen molar-refractivity contribution in [1.82, 2.24) is 4.90 Å². The molecule has 0 aromatic heterocycles. The molecule has 0 fully saturated rings. The minimum absolute atomic E-state index is 0.162. The van der Waals surface area contributed by atoms with E-state index in [2.05, 4.69) is 5.32 Å². The van der Waals surface area contributed by atoms with Crippen molar-refractivity contribution < 1.29 is 19.0 Å². The maximum absolute atomic E-state index is 12.2. The van der Waals surface area contributed by atoms with E-state index < -0.39 is 0 Å². The molecule has 1 amide bonds. The summed E-state index contributed by atoms with van der Waals surface area (Å²) in [6, 6.07) is 12.5. The molecule has 0 bridgehead atoms. The van der Waals surface area contributed by atoms with Crippen LogP contribution in [0.15, 0.2) is 42.5 Å².